The molecule has 0 aliphatic carbocycles. The normalized spacial score (nSPS) is 11.8. The number of rotatable bonds is 4. The van der Waals surface area contributed by atoms with Gasteiger partial charge in [-0.15, -0.1) is 0 Å². The lowest BCUT2D eigenvalue weighted by Crippen LogP contribution is -2.31. The number of fused-ring (bicyclic) bond motifs is 1. The van der Waals surface area contributed by atoms with Crippen molar-refractivity contribution in [2.45, 2.75) is 20.8 Å². The average molecular weight is 242 g/mol. The summed E-state index contributed by atoms with van der Waals surface area (Å²) in [5.41, 5.74) is 8.32. The van der Waals surface area contributed by atoms with Crippen molar-refractivity contribution in [3.8, 4) is 0 Å². The van der Waals surface area contributed by atoms with Crippen molar-refractivity contribution < 1.29 is 0 Å². The number of nitrogens with one attached hydrogen (secondary N) is 1. The Balaban J connectivity index is 2.18. The van der Waals surface area contributed by atoms with E-state index in [9.17, 15) is 0 Å². The third-order valence-electron chi connectivity index (χ3n) is 3.32. The van der Waals surface area contributed by atoms with Crippen LogP contribution in [-0.2, 0) is 0 Å². The maximum absolute atomic E-state index is 5.74. The maximum atomic E-state index is 5.74. The minimum absolute atomic E-state index is 0.127. The van der Waals surface area contributed by atoms with Crippen LogP contribution in [0.15, 0.2) is 36.4 Å². The van der Waals surface area contributed by atoms with Gasteiger partial charge in [0.25, 0.3) is 0 Å². The first-order valence-electron chi connectivity index (χ1n) is 6.44. The second-order valence-electron chi connectivity index (χ2n) is 5.79. The fraction of sp³-hybridized carbons (Fsp3) is 0.375. The third-order valence-corrected chi connectivity index (χ3v) is 3.32. The van der Waals surface area contributed by atoms with E-state index in [1.807, 2.05) is 0 Å². The van der Waals surface area contributed by atoms with Gasteiger partial charge in [-0.2, -0.15) is 0 Å². The summed E-state index contributed by atoms with van der Waals surface area (Å²) < 4.78 is 0. The Morgan fingerprint density at radius 1 is 1.06 bits per heavy atom. The van der Waals surface area contributed by atoms with Gasteiger partial charge in [0.1, 0.15) is 0 Å². The molecule has 0 saturated heterocycles. The van der Waals surface area contributed by atoms with Gasteiger partial charge in [0, 0.05) is 12.2 Å². The molecule has 2 aromatic carbocycles. The highest BCUT2D eigenvalue weighted by atomic mass is 14.9. The fourth-order valence-corrected chi connectivity index (χ4v) is 1.89. The Morgan fingerprint density at radius 2 is 1.72 bits per heavy atom. The quantitative estimate of drug-likeness (QED) is 0.860. The first kappa shape index (κ1) is 12.9. The Bertz CT molecular complexity index is 544. The Hall–Kier alpha value is -1.54. The lowest BCUT2D eigenvalue weighted by atomic mass is 9.94. The summed E-state index contributed by atoms with van der Waals surface area (Å²) in [5.74, 6) is 0. The molecule has 0 heterocycles. The second kappa shape index (κ2) is 4.99. The van der Waals surface area contributed by atoms with E-state index in [-0.39, 0.29) is 5.41 Å². The molecule has 0 aliphatic heterocycles. The average Bonchev–Trinajstić information content (AvgIpc) is 2.36. The minimum atomic E-state index is 0.127. The Kier molecular flexibility index (Phi) is 3.58. The fourth-order valence-electron chi connectivity index (χ4n) is 1.89. The van der Waals surface area contributed by atoms with Crippen molar-refractivity contribution in [1.82, 2.24) is 0 Å². The summed E-state index contributed by atoms with van der Waals surface area (Å²) in [6.45, 7) is 8.04. The number of nitrogens with two attached hydrogens (primary N) is 1. The van der Waals surface area contributed by atoms with Crippen LogP contribution < -0.4 is 11.1 Å². The number of aryl methyl sites for hydroxylation is 1. The molecule has 18 heavy (non-hydrogen) atoms. The predicted octanol–water partition coefficient (Wildman–Crippen LogP) is 3.55. The highest BCUT2D eigenvalue weighted by Gasteiger charge is 2.14. The molecule has 0 atom stereocenters. The van der Waals surface area contributed by atoms with Gasteiger partial charge in [0.05, 0.1) is 0 Å². The summed E-state index contributed by atoms with van der Waals surface area (Å²) in [6.07, 6.45) is 0. The van der Waals surface area contributed by atoms with E-state index in [4.69, 9.17) is 5.73 Å². The molecule has 0 radical (unpaired) electrons. The van der Waals surface area contributed by atoms with Crippen LogP contribution in [0.4, 0.5) is 5.69 Å². The molecule has 0 unspecified atom stereocenters. The lowest BCUT2D eigenvalue weighted by Gasteiger charge is -2.23. The minimum Gasteiger partial charge on any atom is -0.384 e. The zero-order valence-corrected chi connectivity index (χ0v) is 11.5. The number of benzene rings is 2. The molecule has 2 heteroatoms. The van der Waals surface area contributed by atoms with E-state index < -0.39 is 0 Å². The number of anilines is 1. The van der Waals surface area contributed by atoms with Crippen LogP contribution in [0.2, 0.25) is 0 Å². The van der Waals surface area contributed by atoms with Crippen molar-refractivity contribution in [2.75, 3.05) is 18.4 Å². The summed E-state index contributed by atoms with van der Waals surface area (Å²) in [5, 5.41) is 6.03. The molecule has 0 spiro atoms. The van der Waals surface area contributed by atoms with Crippen LogP contribution in [0.25, 0.3) is 10.8 Å². The van der Waals surface area contributed by atoms with Gasteiger partial charge in [0.15, 0.2) is 0 Å². The molecule has 3 N–H and O–H groups in total. The number of hydrogen-bond donors (Lipinski definition) is 2. The maximum Gasteiger partial charge on any atom is 0.0346 e. The van der Waals surface area contributed by atoms with Crippen molar-refractivity contribution in [2.24, 2.45) is 11.1 Å². The standard InChI is InChI=1S/C16H22N2/c1-12-4-5-14-9-15(7-6-13(14)8-12)18-11-16(2,3)10-17/h4-9,18H,10-11,17H2,1-3H3. The molecule has 2 rings (SSSR count). The van der Waals surface area contributed by atoms with Crippen LogP contribution in [0.1, 0.15) is 19.4 Å². The summed E-state index contributed by atoms with van der Waals surface area (Å²) in [6, 6.07) is 13.0. The van der Waals surface area contributed by atoms with Crippen LogP contribution in [-0.4, -0.2) is 13.1 Å². The van der Waals surface area contributed by atoms with Gasteiger partial charge in [-0.1, -0.05) is 43.7 Å². The molecular weight excluding hydrogens is 220 g/mol. The van der Waals surface area contributed by atoms with E-state index in [1.165, 1.54) is 16.3 Å². The molecule has 0 aliphatic rings. The zero-order chi connectivity index (χ0) is 13.2. The smallest absolute Gasteiger partial charge is 0.0346 e. The topological polar surface area (TPSA) is 38.0 Å². The van der Waals surface area contributed by atoms with Gasteiger partial charge in [-0.3, -0.25) is 0 Å². The predicted molar refractivity (Wildman–Crippen MR) is 80.0 cm³/mol. The van der Waals surface area contributed by atoms with Gasteiger partial charge in [-0.25, -0.2) is 0 Å². The van der Waals surface area contributed by atoms with Crippen LogP contribution >= 0.6 is 0 Å². The van der Waals surface area contributed by atoms with Crippen molar-refractivity contribution >= 4 is 16.5 Å². The zero-order valence-electron chi connectivity index (χ0n) is 11.5. The molecule has 0 aromatic heterocycles. The van der Waals surface area contributed by atoms with Gasteiger partial charge < -0.3 is 11.1 Å². The van der Waals surface area contributed by atoms with Gasteiger partial charge >= 0.3 is 0 Å². The molecule has 2 aromatic rings. The van der Waals surface area contributed by atoms with Crippen LogP contribution in [0, 0.1) is 12.3 Å². The van der Waals surface area contributed by atoms with Crippen LogP contribution in [0.3, 0.4) is 0 Å². The van der Waals surface area contributed by atoms with Crippen molar-refractivity contribution in [3.63, 3.8) is 0 Å². The van der Waals surface area contributed by atoms with E-state index in [0.29, 0.717) is 6.54 Å². The van der Waals surface area contributed by atoms with Crippen molar-refractivity contribution in [1.29, 1.82) is 0 Å². The Morgan fingerprint density at radius 3 is 2.44 bits per heavy atom. The summed E-state index contributed by atoms with van der Waals surface area (Å²) in [4.78, 5) is 0. The SMILES string of the molecule is Cc1ccc2cc(NCC(C)(C)CN)ccc2c1. The molecule has 0 bridgehead atoms. The van der Waals surface area contributed by atoms with Gasteiger partial charge in [-0.05, 0) is 41.8 Å². The third kappa shape index (κ3) is 3.02. The molecular formula is C16H22N2. The summed E-state index contributed by atoms with van der Waals surface area (Å²) >= 11 is 0. The lowest BCUT2D eigenvalue weighted by molar-refractivity contribution is 0.406. The van der Waals surface area contributed by atoms with Gasteiger partial charge in [0.2, 0.25) is 0 Å². The van der Waals surface area contributed by atoms with E-state index in [2.05, 4.69) is 62.5 Å². The van der Waals surface area contributed by atoms with E-state index >= 15 is 0 Å². The van der Waals surface area contributed by atoms with Crippen LogP contribution in [0.5, 0.6) is 0 Å². The van der Waals surface area contributed by atoms with Crippen molar-refractivity contribution in [3.05, 3.63) is 42.0 Å². The first-order chi connectivity index (χ1) is 8.50. The number of hydrogen-bond acceptors (Lipinski definition) is 2. The van der Waals surface area contributed by atoms with E-state index in [0.717, 1.165) is 12.2 Å². The monoisotopic (exact) mass is 242 g/mol. The molecule has 0 amide bonds. The molecule has 96 valence electrons. The highest BCUT2D eigenvalue weighted by molar-refractivity contribution is 5.86. The largest absolute Gasteiger partial charge is 0.384 e. The molecule has 0 saturated carbocycles. The summed E-state index contributed by atoms with van der Waals surface area (Å²) in [7, 11) is 0. The second-order valence-corrected chi connectivity index (χ2v) is 5.79. The van der Waals surface area contributed by atoms with E-state index in [1.54, 1.807) is 0 Å². The Labute approximate surface area is 109 Å². The highest BCUT2D eigenvalue weighted by Crippen LogP contribution is 2.22. The molecule has 2 nitrogen and oxygen atoms in total. The molecule has 0 fully saturated rings. The first-order valence-corrected chi connectivity index (χ1v) is 6.44.